The van der Waals surface area contributed by atoms with Crippen LogP contribution < -0.4 is 20.9 Å². The number of aryl methyl sites for hydroxylation is 2. The van der Waals surface area contributed by atoms with Gasteiger partial charge in [-0.2, -0.15) is 0 Å². The standard InChI is InChI=1S/C28H38ClN3O2.C16H17ClN2O/c1-20-18-22(27(34)31(5)25-10-8-24(29)9-11-25)6-7-23(20)19-30-26(33)21-12-15-32(16-13-21)17-14-28(2,3)4;1-11-9-12(3-4-13(11)10-18)16(20)19(2)15-7-5-14(17)6-8-15/h6-11,18,21H,12-17,19H2,1-5H3,(H,30,33);3-9H,10,18H2,1-2H3. The van der Waals surface area contributed by atoms with Gasteiger partial charge in [0.25, 0.3) is 11.8 Å². The summed E-state index contributed by atoms with van der Waals surface area (Å²) in [5.74, 6) is 0.0794. The minimum absolute atomic E-state index is 0.0565. The molecule has 8 nitrogen and oxygen atoms in total. The maximum atomic E-state index is 12.9. The van der Waals surface area contributed by atoms with Crippen LogP contribution in [-0.2, 0) is 17.9 Å². The number of benzene rings is 4. The molecule has 0 saturated carbocycles. The molecule has 5 rings (SSSR count). The Labute approximate surface area is 331 Å². The quantitative estimate of drug-likeness (QED) is 0.168. The first-order valence-corrected chi connectivity index (χ1v) is 19.3. The third-order valence-electron chi connectivity index (χ3n) is 10.0. The summed E-state index contributed by atoms with van der Waals surface area (Å²) in [6.45, 7) is 14.8. The Morgan fingerprint density at radius 2 is 1.19 bits per heavy atom. The molecule has 54 heavy (non-hydrogen) atoms. The molecule has 1 aliphatic rings. The van der Waals surface area contributed by atoms with E-state index in [0.717, 1.165) is 66.1 Å². The third-order valence-corrected chi connectivity index (χ3v) is 10.5. The first-order valence-electron chi connectivity index (χ1n) is 18.5. The fourth-order valence-corrected chi connectivity index (χ4v) is 6.53. The number of nitrogens with zero attached hydrogens (tertiary/aromatic N) is 3. The predicted molar refractivity (Wildman–Crippen MR) is 224 cm³/mol. The summed E-state index contributed by atoms with van der Waals surface area (Å²) < 4.78 is 0. The largest absolute Gasteiger partial charge is 0.352 e. The molecule has 4 aromatic carbocycles. The lowest BCUT2D eigenvalue weighted by atomic mass is 9.90. The van der Waals surface area contributed by atoms with Crippen molar-refractivity contribution in [3.63, 3.8) is 0 Å². The van der Waals surface area contributed by atoms with E-state index in [-0.39, 0.29) is 23.6 Å². The Hall–Kier alpha value is -4.21. The number of amides is 3. The van der Waals surface area contributed by atoms with Crippen molar-refractivity contribution < 1.29 is 14.4 Å². The van der Waals surface area contributed by atoms with Crippen LogP contribution in [0.15, 0.2) is 84.9 Å². The summed E-state index contributed by atoms with van der Waals surface area (Å²) in [7, 11) is 3.50. The van der Waals surface area contributed by atoms with Crippen molar-refractivity contribution in [2.75, 3.05) is 43.5 Å². The van der Waals surface area contributed by atoms with Crippen molar-refractivity contribution in [1.29, 1.82) is 0 Å². The number of nitrogens with two attached hydrogens (primary N) is 1. The molecule has 0 radical (unpaired) electrons. The highest BCUT2D eigenvalue weighted by molar-refractivity contribution is 6.31. The molecule has 288 valence electrons. The fourth-order valence-electron chi connectivity index (χ4n) is 6.28. The van der Waals surface area contributed by atoms with Crippen molar-refractivity contribution in [1.82, 2.24) is 10.2 Å². The molecule has 1 aliphatic heterocycles. The van der Waals surface area contributed by atoms with Gasteiger partial charge in [-0.15, -0.1) is 0 Å². The van der Waals surface area contributed by atoms with Gasteiger partial charge in [0, 0.05) is 65.6 Å². The lowest BCUT2D eigenvalue weighted by Crippen LogP contribution is -2.41. The van der Waals surface area contributed by atoms with Crippen LogP contribution >= 0.6 is 23.2 Å². The molecule has 0 atom stereocenters. The van der Waals surface area contributed by atoms with Crippen LogP contribution in [0.5, 0.6) is 0 Å². The number of hydrogen-bond acceptors (Lipinski definition) is 5. The highest BCUT2D eigenvalue weighted by atomic mass is 35.5. The first kappa shape index (κ1) is 42.5. The molecule has 1 saturated heterocycles. The van der Waals surface area contributed by atoms with Gasteiger partial charge in [-0.05, 0) is 153 Å². The number of halogens is 2. The average molecular weight is 773 g/mol. The van der Waals surface area contributed by atoms with E-state index in [1.807, 2.05) is 74.5 Å². The number of anilines is 2. The van der Waals surface area contributed by atoms with Crippen LogP contribution in [0.25, 0.3) is 0 Å². The molecule has 0 unspecified atom stereocenters. The molecule has 0 spiro atoms. The Kier molecular flexibility index (Phi) is 15.3. The average Bonchev–Trinajstić information content (AvgIpc) is 3.16. The monoisotopic (exact) mass is 771 g/mol. The predicted octanol–water partition coefficient (Wildman–Crippen LogP) is 9.07. The number of likely N-dealkylation sites (tertiary alicyclic amines) is 1. The minimum atomic E-state index is -0.0840. The van der Waals surface area contributed by atoms with E-state index < -0.39 is 0 Å². The normalized spacial score (nSPS) is 13.4. The summed E-state index contributed by atoms with van der Waals surface area (Å²) in [4.78, 5) is 43.8. The summed E-state index contributed by atoms with van der Waals surface area (Å²) >= 11 is 11.8. The van der Waals surface area contributed by atoms with E-state index >= 15 is 0 Å². The molecule has 3 amide bonds. The van der Waals surface area contributed by atoms with E-state index in [1.54, 1.807) is 48.2 Å². The molecule has 4 aromatic rings. The van der Waals surface area contributed by atoms with Gasteiger partial charge in [-0.1, -0.05) is 56.1 Å². The van der Waals surface area contributed by atoms with E-state index in [4.69, 9.17) is 28.9 Å². The van der Waals surface area contributed by atoms with Crippen LogP contribution in [-0.4, -0.2) is 56.4 Å². The number of carbonyl (C=O) groups excluding carboxylic acids is 3. The minimum Gasteiger partial charge on any atom is -0.352 e. The highest BCUT2D eigenvalue weighted by Gasteiger charge is 2.26. The second-order valence-corrected chi connectivity index (χ2v) is 16.2. The fraction of sp³-hybridized carbons (Fsp3) is 0.386. The van der Waals surface area contributed by atoms with E-state index in [0.29, 0.717) is 39.7 Å². The zero-order chi connectivity index (χ0) is 39.6. The topological polar surface area (TPSA) is 99.0 Å². The van der Waals surface area contributed by atoms with Crippen LogP contribution in [0.4, 0.5) is 11.4 Å². The van der Waals surface area contributed by atoms with Gasteiger partial charge in [0.2, 0.25) is 5.91 Å². The first-order chi connectivity index (χ1) is 25.6. The Bertz CT molecular complexity index is 1880. The molecular weight excluding hydrogens is 717 g/mol. The number of hydrogen-bond donors (Lipinski definition) is 2. The number of piperidine rings is 1. The molecule has 0 bridgehead atoms. The molecule has 0 aliphatic carbocycles. The summed E-state index contributed by atoms with van der Waals surface area (Å²) in [5.41, 5.74) is 12.9. The summed E-state index contributed by atoms with van der Waals surface area (Å²) in [6, 6.07) is 25.6. The van der Waals surface area contributed by atoms with Crippen LogP contribution in [0, 0.1) is 25.2 Å². The van der Waals surface area contributed by atoms with Crippen molar-refractivity contribution in [3.8, 4) is 0 Å². The van der Waals surface area contributed by atoms with Crippen molar-refractivity contribution >= 4 is 52.3 Å². The summed E-state index contributed by atoms with van der Waals surface area (Å²) in [6.07, 6.45) is 3.01. The van der Waals surface area contributed by atoms with E-state index in [9.17, 15) is 14.4 Å². The van der Waals surface area contributed by atoms with Gasteiger partial charge in [-0.25, -0.2) is 0 Å². The van der Waals surface area contributed by atoms with Crippen molar-refractivity contribution in [3.05, 3.63) is 128 Å². The molecule has 10 heteroatoms. The maximum absolute atomic E-state index is 12.9. The third kappa shape index (κ3) is 12.2. The van der Waals surface area contributed by atoms with E-state index in [1.165, 1.54) is 6.42 Å². The van der Waals surface area contributed by atoms with Gasteiger partial charge >= 0.3 is 0 Å². The van der Waals surface area contributed by atoms with Crippen LogP contribution in [0.2, 0.25) is 10.0 Å². The Morgan fingerprint density at radius 3 is 1.59 bits per heavy atom. The van der Waals surface area contributed by atoms with Gasteiger partial charge in [0.05, 0.1) is 0 Å². The number of carbonyl (C=O) groups is 3. The van der Waals surface area contributed by atoms with Gasteiger partial charge < -0.3 is 25.8 Å². The van der Waals surface area contributed by atoms with E-state index in [2.05, 4.69) is 31.0 Å². The molecule has 1 fully saturated rings. The molecular formula is C44H55Cl2N5O3. The second kappa shape index (κ2) is 19.4. The maximum Gasteiger partial charge on any atom is 0.258 e. The van der Waals surface area contributed by atoms with Crippen molar-refractivity contribution in [2.45, 2.75) is 67.0 Å². The van der Waals surface area contributed by atoms with Gasteiger partial charge in [0.1, 0.15) is 0 Å². The molecule has 3 N–H and O–H groups in total. The van der Waals surface area contributed by atoms with Crippen LogP contribution in [0.3, 0.4) is 0 Å². The summed E-state index contributed by atoms with van der Waals surface area (Å²) in [5, 5.41) is 4.41. The Balaban J connectivity index is 0.000000276. The number of rotatable bonds is 10. The van der Waals surface area contributed by atoms with Gasteiger partial charge in [-0.3, -0.25) is 14.4 Å². The Morgan fingerprint density at radius 1 is 0.741 bits per heavy atom. The zero-order valence-electron chi connectivity index (χ0n) is 32.7. The molecule has 1 heterocycles. The second-order valence-electron chi connectivity index (χ2n) is 15.3. The molecule has 0 aromatic heterocycles. The number of nitrogens with one attached hydrogen (secondary N) is 1. The lowest BCUT2D eigenvalue weighted by molar-refractivity contribution is -0.126. The van der Waals surface area contributed by atoms with Crippen molar-refractivity contribution in [2.24, 2.45) is 17.1 Å². The SMILES string of the molecule is Cc1cc(C(=O)N(C)c2ccc(Cl)cc2)ccc1CN.Cc1cc(C(=O)N(C)c2ccc(Cl)cc2)ccc1CNC(=O)C1CCN(CCC(C)(C)C)CC1. The smallest absolute Gasteiger partial charge is 0.258 e. The van der Waals surface area contributed by atoms with Crippen LogP contribution in [0.1, 0.15) is 83.0 Å². The highest BCUT2D eigenvalue weighted by Crippen LogP contribution is 2.24. The zero-order valence-corrected chi connectivity index (χ0v) is 34.2. The van der Waals surface area contributed by atoms with Gasteiger partial charge in [0.15, 0.2) is 0 Å². The lowest BCUT2D eigenvalue weighted by Gasteiger charge is -2.33.